The standard InChI is InChI=1S/C82H60B2N4/c1-3-21-55(22-4-1)85-71-31-13-11-29-67(71)83-69-49-54(39-44-73(69)88(77-36-20-33-74(85)80(77)83)58-42-43-61-59-25-7-9-27-63(59)81(65(61)50-58)45-15-16-46-81)53-37-40-57(41-38-53)86-72-32-14-12-30-68(72)84-70-51-62-60-26-8-10-28-64(60)82(47-17-18-48-82)66(62)52-78(70)87(56-23-5-2-6-24-56)76-35-19-34-75(86)79(76)84/h1-14,19-44,49-52H,15-18,45-48H2. The Morgan fingerprint density at radius 3 is 1.20 bits per heavy atom. The predicted octanol–water partition coefficient (Wildman–Crippen LogP) is 17.2. The van der Waals surface area contributed by atoms with Gasteiger partial charge >= 0.3 is 0 Å². The van der Waals surface area contributed by atoms with E-state index in [2.05, 4.69) is 287 Å². The van der Waals surface area contributed by atoms with Crippen LogP contribution in [0.3, 0.4) is 0 Å². The summed E-state index contributed by atoms with van der Waals surface area (Å²) in [6.45, 7) is 0.0581. The van der Waals surface area contributed by atoms with Crippen LogP contribution >= 0.6 is 0 Å². The first-order valence-corrected chi connectivity index (χ1v) is 32.2. The second-order valence-corrected chi connectivity index (χ2v) is 26.1. The van der Waals surface area contributed by atoms with Gasteiger partial charge in [0.1, 0.15) is 0 Å². The summed E-state index contributed by atoms with van der Waals surface area (Å²) in [7, 11) is 0. The fourth-order valence-electron chi connectivity index (χ4n) is 18.6. The van der Waals surface area contributed by atoms with E-state index in [0.29, 0.717) is 0 Å². The smallest absolute Gasteiger partial charge is 0.252 e. The third-order valence-corrected chi connectivity index (χ3v) is 22.1. The molecule has 4 aliphatic carbocycles. The number of fused-ring (bicyclic) bond motifs is 18. The number of benzene rings is 12. The van der Waals surface area contributed by atoms with Crippen LogP contribution in [0.1, 0.15) is 73.6 Å². The summed E-state index contributed by atoms with van der Waals surface area (Å²) < 4.78 is 0. The molecule has 0 bridgehead atoms. The summed E-state index contributed by atoms with van der Waals surface area (Å²) in [6, 6.07) is 103. The quantitative estimate of drug-likeness (QED) is 0.159. The van der Waals surface area contributed by atoms with Crippen molar-refractivity contribution >= 4 is 114 Å². The van der Waals surface area contributed by atoms with Crippen molar-refractivity contribution in [2.45, 2.75) is 62.2 Å². The van der Waals surface area contributed by atoms with E-state index in [-0.39, 0.29) is 24.3 Å². The average molecular weight is 1120 g/mol. The van der Waals surface area contributed by atoms with Gasteiger partial charge in [-0.3, -0.25) is 0 Å². The number of nitrogens with zero attached hydrogens (tertiary/aromatic N) is 4. The van der Waals surface area contributed by atoms with Gasteiger partial charge in [0.15, 0.2) is 0 Å². The van der Waals surface area contributed by atoms with Gasteiger partial charge in [-0.1, -0.05) is 196 Å². The zero-order valence-electron chi connectivity index (χ0n) is 49.0. The SMILES string of the molecule is c1ccc(N2c3ccccc3B3c4cc(-c5ccc(N6c7ccccc7B7c8cc9c(cc8N(c8ccccc8)c8cccc6c87)C6(CCCC6)c6ccccc6-9)cc5)ccc4N(c4ccc5c(c4)C4(CCCC4)c4ccccc4-5)c4cccc2c43)cc1. The molecule has 2 fully saturated rings. The zero-order chi connectivity index (χ0) is 57.4. The summed E-state index contributed by atoms with van der Waals surface area (Å²) in [5.74, 6) is 0. The van der Waals surface area contributed by atoms with Gasteiger partial charge in [-0.25, -0.2) is 0 Å². The largest absolute Gasteiger partial charge is 0.311 e. The van der Waals surface area contributed by atoms with Crippen molar-refractivity contribution in [3.63, 3.8) is 0 Å². The molecule has 0 N–H and O–H groups in total. The Morgan fingerprint density at radius 1 is 0.239 bits per heavy atom. The third-order valence-electron chi connectivity index (χ3n) is 22.1. The molecular formula is C82H60B2N4. The summed E-state index contributed by atoms with van der Waals surface area (Å²) >= 11 is 0. The van der Waals surface area contributed by atoms with Crippen molar-refractivity contribution in [1.82, 2.24) is 0 Å². The highest BCUT2D eigenvalue weighted by Crippen LogP contribution is 2.60. The van der Waals surface area contributed by atoms with E-state index in [1.165, 1.54) is 202 Å². The van der Waals surface area contributed by atoms with Gasteiger partial charge in [0.2, 0.25) is 0 Å². The molecule has 20 rings (SSSR count). The van der Waals surface area contributed by atoms with E-state index in [1.807, 2.05) is 0 Å². The predicted molar refractivity (Wildman–Crippen MR) is 369 cm³/mol. The average Bonchev–Trinajstić information content (AvgIpc) is 1.04. The Balaban J connectivity index is 0.737. The lowest BCUT2D eigenvalue weighted by Gasteiger charge is -2.44. The van der Waals surface area contributed by atoms with Crippen molar-refractivity contribution in [3.8, 4) is 33.4 Å². The summed E-state index contributed by atoms with van der Waals surface area (Å²) in [4.78, 5) is 10.2. The zero-order valence-corrected chi connectivity index (χ0v) is 49.0. The molecule has 88 heavy (non-hydrogen) atoms. The van der Waals surface area contributed by atoms with Crippen LogP contribution in [0.15, 0.2) is 267 Å². The first kappa shape index (κ1) is 49.1. The molecule has 0 aromatic heterocycles. The van der Waals surface area contributed by atoms with Crippen LogP contribution in [0.5, 0.6) is 0 Å². The number of para-hydroxylation sites is 4. The monoisotopic (exact) mass is 1120 g/mol. The molecule has 4 nitrogen and oxygen atoms in total. The first-order chi connectivity index (χ1) is 43.6. The van der Waals surface area contributed by atoms with Crippen LogP contribution in [0.25, 0.3) is 33.4 Å². The van der Waals surface area contributed by atoms with Crippen molar-refractivity contribution < 1.29 is 0 Å². The maximum atomic E-state index is 2.63. The molecule has 6 heteroatoms. The lowest BCUT2D eigenvalue weighted by molar-refractivity contribution is 0.550. The van der Waals surface area contributed by atoms with Gasteiger partial charge in [0.25, 0.3) is 13.4 Å². The number of hydrogen-bond donors (Lipinski definition) is 0. The Bertz CT molecular complexity index is 4930. The molecule has 4 heterocycles. The van der Waals surface area contributed by atoms with Gasteiger partial charge in [0, 0.05) is 79.1 Å². The normalized spacial score (nSPS) is 16.5. The van der Waals surface area contributed by atoms with Gasteiger partial charge in [0.05, 0.1) is 0 Å². The van der Waals surface area contributed by atoms with E-state index in [0.717, 1.165) is 5.69 Å². The minimum atomic E-state index is 0.00922. The molecule has 2 spiro atoms. The van der Waals surface area contributed by atoms with Gasteiger partial charge in [-0.15, -0.1) is 0 Å². The summed E-state index contributed by atoms with van der Waals surface area (Å²) in [5, 5.41) is 0. The van der Waals surface area contributed by atoms with Crippen LogP contribution in [-0.2, 0) is 10.8 Å². The minimum Gasteiger partial charge on any atom is -0.311 e. The highest BCUT2D eigenvalue weighted by Gasteiger charge is 2.51. The van der Waals surface area contributed by atoms with Gasteiger partial charge in [-0.05, 0) is 211 Å². The molecular weight excluding hydrogens is 1060 g/mol. The molecule has 414 valence electrons. The van der Waals surface area contributed by atoms with Crippen molar-refractivity contribution in [1.29, 1.82) is 0 Å². The molecule has 12 aromatic rings. The van der Waals surface area contributed by atoms with Crippen LogP contribution in [0, 0.1) is 0 Å². The number of rotatable bonds is 5. The lowest BCUT2D eigenvalue weighted by Crippen LogP contribution is -2.61. The maximum absolute atomic E-state index is 2.63. The lowest BCUT2D eigenvalue weighted by atomic mass is 9.33. The Kier molecular flexibility index (Phi) is 10.2. The third kappa shape index (κ3) is 6.52. The summed E-state index contributed by atoms with van der Waals surface area (Å²) in [6.07, 6.45) is 9.87. The van der Waals surface area contributed by atoms with Crippen LogP contribution in [-0.4, -0.2) is 13.4 Å². The minimum absolute atomic E-state index is 0.00922. The van der Waals surface area contributed by atoms with Crippen molar-refractivity contribution in [2.24, 2.45) is 0 Å². The molecule has 4 aliphatic heterocycles. The second kappa shape index (κ2) is 18.3. The van der Waals surface area contributed by atoms with Crippen molar-refractivity contribution in [2.75, 3.05) is 19.6 Å². The first-order valence-electron chi connectivity index (χ1n) is 32.2. The topological polar surface area (TPSA) is 13.0 Å². The van der Waals surface area contributed by atoms with E-state index in [1.54, 1.807) is 0 Å². The van der Waals surface area contributed by atoms with Gasteiger partial charge in [-0.2, -0.15) is 0 Å². The fraction of sp³-hybridized carbons (Fsp3) is 0.122. The van der Waals surface area contributed by atoms with E-state index >= 15 is 0 Å². The van der Waals surface area contributed by atoms with Crippen LogP contribution in [0.2, 0.25) is 0 Å². The second-order valence-electron chi connectivity index (χ2n) is 26.1. The van der Waals surface area contributed by atoms with E-state index < -0.39 is 0 Å². The van der Waals surface area contributed by atoms with Gasteiger partial charge < -0.3 is 19.6 Å². The van der Waals surface area contributed by atoms with Crippen molar-refractivity contribution in [3.05, 3.63) is 289 Å². The summed E-state index contributed by atoms with van der Waals surface area (Å²) in [5.41, 5.74) is 37.0. The van der Waals surface area contributed by atoms with Crippen LogP contribution in [0.4, 0.5) is 68.2 Å². The molecule has 2 saturated carbocycles. The molecule has 0 amide bonds. The van der Waals surface area contributed by atoms with Crippen LogP contribution < -0.4 is 52.4 Å². The molecule has 0 unspecified atom stereocenters. The van der Waals surface area contributed by atoms with E-state index in [9.17, 15) is 0 Å². The molecule has 12 aromatic carbocycles. The number of hydrogen-bond acceptors (Lipinski definition) is 4. The number of anilines is 12. The molecule has 0 atom stereocenters. The maximum Gasteiger partial charge on any atom is 0.252 e. The molecule has 8 aliphatic rings. The molecule has 0 radical (unpaired) electrons. The molecule has 0 saturated heterocycles. The fourth-order valence-corrected chi connectivity index (χ4v) is 18.6. The Morgan fingerprint density at radius 2 is 0.636 bits per heavy atom. The highest BCUT2D eigenvalue weighted by molar-refractivity contribution is 7.01. The highest BCUT2D eigenvalue weighted by atomic mass is 15.2. The Hall–Kier alpha value is -10.0. The Labute approximate surface area is 515 Å². The van der Waals surface area contributed by atoms with E-state index in [4.69, 9.17) is 0 Å².